The fraction of sp³-hybridized carbons (Fsp3) is 0.875. The Morgan fingerprint density at radius 2 is 2.14 bits per heavy atom. The van der Waals surface area contributed by atoms with Crippen molar-refractivity contribution < 1.29 is 23.1 Å². The second-order valence-corrected chi connectivity index (χ2v) is 3.51. The number of carboxylic acid groups (broad SMARTS) is 1. The fourth-order valence-electron chi connectivity index (χ4n) is 1.66. The van der Waals surface area contributed by atoms with Crippen LogP contribution in [0.2, 0.25) is 0 Å². The van der Waals surface area contributed by atoms with Gasteiger partial charge in [-0.15, -0.1) is 0 Å². The molecular formula is C8H12F3NO2. The predicted octanol–water partition coefficient (Wildman–Crippen LogP) is 1.35. The summed E-state index contributed by atoms with van der Waals surface area (Å²) < 4.78 is 36.8. The van der Waals surface area contributed by atoms with Gasteiger partial charge in [0.25, 0.3) is 0 Å². The molecule has 1 atom stereocenters. The quantitative estimate of drug-likeness (QED) is 0.749. The Morgan fingerprint density at radius 3 is 2.64 bits per heavy atom. The minimum Gasteiger partial charge on any atom is -0.480 e. The summed E-state index contributed by atoms with van der Waals surface area (Å²) >= 11 is 0. The summed E-state index contributed by atoms with van der Waals surface area (Å²) in [4.78, 5) is 11.6. The highest BCUT2D eigenvalue weighted by molar-refractivity contribution is 5.69. The van der Waals surface area contributed by atoms with Gasteiger partial charge in [-0.3, -0.25) is 9.69 Å². The summed E-state index contributed by atoms with van der Waals surface area (Å²) in [6.07, 6.45) is -3.67. The largest absolute Gasteiger partial charge is 0.480 e. The molecule has 1 rings (SSSR count). The molecule has 82 valence electrons. The van der Waals surface area contributed by atoms with Crippen molar-refractivity contribution in [1.82, 2.24) is 4.90 Å². The van der Waals surface area contributed by atoms with Gasteiger partial charge in [-0.25, -0.2) is 0 Å². The van der Waals surface area contributed by atoms with E-state index in [2.05, 4.69) is 0 Å². The van der Waals surface area contributed by atoms with Crippen molar-refractivity contribution in [3.05, 3.63) is 0 Å². The summed E-state index contributed by atoms with van der Waals surface area (Å²) in [6.45, 7) is -0.0404. The van der Waals surface area contributed by atoms with Crippen molar-refractivity contribution in [1.29, 1.82) is 0 Å². The second kappa shape index (κ2) is 4.16. The van der Waals surface area contributed by atoms with Crippen LogP contribution in [0.1, 0.15) is 12.8 Å². The number of aliphatic carboxylic acids is 1. The molecule has 0 spiro atoms. The highest BCUT2D eigenvalue weighted by Gasteiger charge is 2.41. The average Bonchev–Trinajstić information content (AvgIpc) is 2.01. The van der Waals surface area contributed by atoms with E-state index in [1.54, 1.807) is 0 Å². The first-order chi connectivity index (χ1) is 6.39. The molecule has 0 aromatic carbocycles. The molecule has 14 heavy (non-hydrogen) atoms. The molecule has 6 heteroatoms. The van der Waals surface area contributed by atoms with Gasteiger partial charge in [-0.1, -0.05) is 0 Å². The van der Waals surface area contributed by atoms with Gasteiger partial charge in [0.1, 0.15) is 0 Å². The summed E-state index contributed by atoms with van der Waals surface area (Å²) in [5.74, 6) is -2.44. The molecule has 1 N–H and O–H groups in total. The number of alkyl halides is 3. The molecule has 0 radical (unpaired) electrons. The minimum atomic E-state index is -4.20. The van der Waals surface area contributed by atoms with Gasteiger partial charge in [-0.2, -0.15) is 13.2 Å². The molecule has 0 bridgehead atoms. The Morgan fingerprint density at radius 1 is 1.50 bits per heavy atom. The van der Waals surface area contributed by atoms with E-state index in [9.17, 15) is 18.0 Å². The first-order valence-corrected chi connectivity index (χ1v) is 4.40. The van der Waals surface area contributed by atoms with Crippen LogP contribution in [0.4, 0.5) is 13.2 Å². The lowest BCUT2D eigenvalue weighted by Crippen LogP contribution is -2.43. The van der Waals surface area contributed by atoms with Crippen LogP contribution in [0.5, 0.6) is 0 Å². The molecule has 0 amide bonds. The number of halogens is 3. The van der Waals surface area contributed by atoms with Crippen LogP contribution in [0, 0.1) is 5.92 Å². The average molecular weight is 211 g/mol. The lowest BCUT2D eigenvalue weighted by molar-refractivity contribution is -0.187. The van der Waals surface area contributed by atoms with Crippen molar-refractivity contribution in [2.45, 2.75) is 19.0 Å². The Labute approximate surface area is 79.5 Å². The smallest absolute Gasteiger partial charge is 0.393 e. The zero-order chi connectivity index (χ0) is 10.8. The maximum absolute atomic E-state index is 12.3. The molecular weight excluding hydrogens is 199 g/mol. The molecule has 1 fully saturated rings. The van der Waals surface area contributed by atoms with E-state index < -0.39 is 18.1 Å². The molecule has 1 aliphatic heterocycles. The maximum Gasteiger partial charge on any atom is 0.393 e. The molecule has 3 nitrogen and oxygen atoms in total. The Kier molecular flexibility index (Phi) is 3.36. The van der Waals surface area contributed by atoms with Gasteiger partial charge in [-0.05, 0) is 19.4 Å². The minimum absolute atomic E-state index is 0.111. The summed E-state index contributed by atoms with van der Waals surface area (Å²) in [5.41, 5.74) is 0. The van der Waals surface area contributed by atoms with Gasteiger partial charge >= 0.3 is 12.1 Å². The summed E-state index contributed by atoms with van der Waals surface area (Å²) in [5, 5.41) is 8.43. The van der Waals surface area contributed by atoms with Crippen LogP contribution in [0.25, 0.3) is 0 Å². The Hall–Kier alpha value is -0.780. The van der Waals surface area contributed by atoms with Gasteiger partial charge in [0.05, 0.1) is 12.5 Å². The molecule has 0 aromatic heterocycles. The third-order valence-electron chi connectivity index (χ3n) is 2.33. The molecule has 1 saturated heterocycles. The highest BCUT2D eigenvalue weighted by atomic mass is 19.4. The van der Waals surface area contributed by atoms with Gasteiger partial charge in [0.15, 0.2) is 0 Å². The molecule has 0 aliphatic carbocycles. The van der Waals surface area contributed by atoms with Crippen LogP contribution in [-0.2, 0) is 4.79 Å². The van der Waals surface area contributed by atoms with Crippen LogP contribution < -0.4 is 0 Å². The lowest BCUT2D eigenvalue weighted by atomic mass is 9.97. The number of rotatable bonds is 2. The third-order valence-corrected chi connectivity index (χ3v) is 2.33. The highest BCUT2D eigenvalue weighted by Crippen LogP contribution is 2.32. The molecule has 1 heterocycles. The topological polar surface area (TPSA) is 40.5 Å². The van der Waals surface area contributed by atoms with E-state index in [0.29, 0.717) is 13.0 Å². The normalized spacial score (nSPS) is 24.9. The van der Waals surface area contributed by atoms with Gasteiger partial charge < -0.3 is 5.11 Å². The van der Waals surface area contributed by atoms with Crippen LogP contribution >= 0.6 is 0 Å². The Balaban J connectivity index is 2.48. The van der Waals surface area contributed by atoms with Crippen molar-refractivity contribution in [2.75, 3.05) is 19.6 Å². The van der Waals surface area contributed by atoms with E-state index in [4.69, 9.17) is 5.11 Å². The maximum atomic E-state index is 12.3. The van der Waals surface area contributed by atoms with E-state index in [0.717, 1.165) is 0 Å². The van der Waals surface area contributed by atoms with Crippen LogP contribution in [-0.4, -0.2) is 41.8 Å². The fourth-order valence-corrected chi connectivity index (χ4v) is 1.66. The lowest BCUT2D eigenvalue weighted by Gasteiger charge is -2.32. The van der Waals surface area contributed by atoms with Crippen molar-refractivity contribution >= 4 is 5.97 Å². The van der Waals surface area contributed by atoms with Crippen LogP contribution in [0.3, 0.4) is 0 Å². The number of carbonyl (C=O) groups is 1. The van der Waals surface area contributed by atoms with Gasteiger partial charge in [0, 0.05) is 6.54 Å². The standard InChI is InChI=1S/C8H12F3NO2/c9-8(10,11)6-2-1-3-12(4-6)5-7(13)14/h6H,1-5H2,(H,13,14)/t6-/m1/s1. The van der Waals surface area contributed by atoms with E-state index in [-0.39, 0.29) is 19.5 Å². The number of carboxylic acids is 1. The number of piperidine rings is 1. The SMILES string of the molecule is O=C(O)CN1CCC[C@@H](C(F)(F)F)C1. The first-order valence-electron chi connectivity index (χ1n) is 4.40. The first kappa shape index (κ1) is 11.3. The van der Waals surface area contributed by atoms with Gasteiger partial charge in [0.2, 0.25) is 0 Å². The molecule has 0 saturated carbocycles. The zero-order valence-corrected chi connectivity index (χ0v) is 7.55. The summed E-state index contributed by atoms with van der Waals surface area (Å²) in [6, 6.07) is 0. The van der Waals surface area contributed by atoms with E-state index >= 15 is 0 Å². The second-order valence-electron chi connectivity index (χ2n) is 3.51. The zero-order valence-electron chi connectivity index (χ0n) is 7.55. The van der Waals surface area contributed by atoms with Crippen molar-refractivity contribution in [3.8, 4) is 0 Å². The molecule has 1 aliphatic rings. The Bertz CT molecular complexity index is 217. The third kappa shape index (κ3) is 3.17. The number of nitrogens with zero attached hydrogens (tertiary/aromatic N) is 1. The van der Waals surface area contributed by atoms with Crippen molar-refractivity contribution in [3.63, 3.8) is 0 Å². The van der Waals surface area contributed by atoms with Crippen LogP contribution in [0.15, 0.2) is 0 Å². The number of likely N-dealkylation sites (tertiary alicyclic amines) is 1. The van der Waals surface area contributed by atoms with E-state index in [1.807, 2.05) is 0 Å². The molecule has 0 unspecified atom stereocenters. The summed E-state index contributed by atoms with van der Waals surface area (Å²) in [7, 11) is 0. The molecule has 0 aromatic rings. The predicted molar refractivity (Wildman–Crippen MR) is 42.9 cm³/mol. The number of hydrogen-bond donors (Lipinski definition) is 1. The number of hydrogen-bond acceptors (Lipinski definition) is 2. The van der Waals surface area contributed by atoms with E-state index in [1.165, 1.54) is 4.90 Å². The van der Waals surface area contributed by atoms with Crippen molar-refractivity contribution in [2.24, 2.45) is 5.92 Å². The monoisotopic (exact) mass is 211 g/mol.